The van der Waals surface area contributed by atoms with Gasteiger partial charge in [0.05, 0.1) is 6.54 Å². The number of hydrogen-bond acceptors (Lipinski definition) is 1. The highest BCUT2D eigenvalue weighted by molar-refractivity contribution is 4.73. The minimum Gasteiger partial charge on any atom is -0.298 e. The Labute approximate surface area is 74.7 Å². The number of hydrogen-bond donors (Lipinski definition) is 0. The number of rotatable bonds is 3. The van der Waals surface area contributed by atoms with E-state index in [4.69, 9.17) is 0 Å². The molecular weight excluding hydrogens is 186 g/mol. The second kappa shape index (κ2) is 4.79. The lowest BCUT2D eigenvalue weighted by Gasteiger charge is -2.30. The second-order valence-corrected chi connectivity index (χ2v) is 3.36. The van der Waals surface area contributed by atoms with Crippen LogP contribution < -0.4 is 0 Å². The van der Waals surface area contributed by atoms with E-state index < -0.39 is 18.8 Å². The summed E-state index contributed by atoms with van der Waals surface area (Å²) in [6.07, 6.45) is -3.98. The molecule has 1 rings (SSSR count). The van der Waals surface area contributed by atoms with E-state index in [0.29, 0.717) is 25.9 Å². The maximum atomic E-state index is 12.1. The van der Waals surface area contributed by atoms with Crippen LogP contribution in [0.2, 0.25) is 0 Å². The molecule has 1 fully saturated rings. The second-order valence-electron chi connectivity index (χ2n) is 3.36. The Kier molecular flexibility index (Phi) is 3.96. The lowest BCUT2D eigenvalue weighted by Crippen LogP contribution is -2.38. The zero-order chi connectivity index (χ0) is 9.84. The van der Waals surface area contributed by atoms with E-state index in [0.717, 1.165) is 0 Å². The standard InChI is InChI=1S/C8H13F4N/c9-7(10)5-13-3-1-6(2-4-13)8(11)12/h6-8H,1-5H2. The predicted octanol–water partition coefficient (Wildman–Crippen LogP) is 2.23. The van der Waals surface area contributed by atoms with Crippen LogP contribution in [0, 0.1) is 5.92 Å². The van der Waals surface area contributed by atoms with E-state index in [1.807, 2.05) is 0 Å². The summed E-state index contributed by atoms with van der Waals surface area (Å²) < 4.78 is 48.1. The molecule has 0 radical (unpaired) electrons. The summed E-state index contributed by atoms with van der Waals surface area (Å²) >= 11 is 0. The summed E-state index contributed by atoms with van der Waals surface area (Å²) in [5.74, 6) is -0.589. The largest absolute Gasteiger partial charge is 0.298 e. The summed E-state index contributed by atoms with van der Waals surface area (Å²) in [6.45, 7) is 0.467. The third kappa shape index (κ3) is 3.50. The molecule has 0 unspecified atom stereocenters. The average molecular weight is 199 g/mol. The highest BCUT2D eigenvalue weighted by Crippen LogP contribution is 2.23. The number of alkyl halides is 4. The van der Waals surface area contributed by atoms with Crippen LogP contribution in [0.5, 0.6) is 0 Å². The maximum absolute atomic E-state index is 12.1. The molecule has 0 aromatic carbocycles. The molecule has 1 heterocycles. The molecule has 1 nitrogen and oxygen atoms in total. The molecular formula is C8H13F4N. The molecule has 0 saturated carbocycles. The Morgan fingerprint density at radius 2 is 1.62 bits per heavy atom. The summed E-state index contributed by atoms with van der Waals surface area (Å²) in [5.41, 5.74) is 0. The molecule has 1 saturated heterocycles. The van der Waals surface area contributed by atoms with Gasteiger partial charge < -0.3 is 0 Å². The number of likely N-dealkylation sites (tertiary alicyclic amines) is 1. The summed E-state index contributed by atoms with van der Waals surface area (Å²) in [7, 11) is 0. The van der Waals surface area contributed by atoms with Crippen molar-refractivity contribution in [3.05, 3.63) is 0 Å². The quantitative estimate of drug-likeness (QED) is 0.630. The molecule has 0 aromatic heterocycles. The van der Waals surface area contributed by atoms with Gasteiger partial charge in [-0.25, -0.2) is 17.6 Å². The Morgan fingerprint density at radius 3 is 2.00 bits per heavy atom. The van der Waals surface area contributed by atoms with E-state index in [9.17, 15) is 17.6 Å². The van der Waals surface area contributed by atoms with Crippen molar-refractivity contribution in [2.24, 2.45) is 5.92 Å². The van der Waals surface area contributed by atoms with Crippen LogP contribution in [0.3, 0.4) is 0 Å². The summed E-state index contributed by atoms with van der Waals surface area (Å²) in [4.78, 5) is 1.55. The lowest BCUT2D eigenvalue weighted by molar-refractivity contribution is 0.0172. The highest BCUT2D eigenvalue weighted by Gasteiger charge is 2.26. The van der Waals surface area contributed by atoms with Crippen molar-refractivity contribution in [2.75, 3.05) is 19.6 Å². The van der Waals surface area contributed by atoms with E-state index in [-0.39, 0.29) is 6.54 Å². The van der Waals surface area contributed by atoms with Crippen molar-refractivity contribution in [2.45, 2.75) is 25.7 Å². The fourth-order valence-electron chi connectivity index (χ4n) is 1.58. The van der Waals surface area contributed by atoms with E-state index in [1.54, 1.807) is 4.90 Å². The van der Waals surface area contributed by atoms with Crippen LogP contribution in [-0.2, 0) is 0 Å². The van der Waals surface area contributed by atoms with Crippen molar-refractivity contribution in [1.29, 1.82) is 0 Å². The van der Waals surface area contributed by atoms with E-state index in [1.165, 1.54) is 0 Å². The molecule has 13 heavy (non-hydrogen) atoms. The molecule has 1 aliphatic rings. The number of piperidine rings is 1. The first-order valence-corrected chi connectivity index (χ1v) is 4.38. The molecule has 0 aromatic rings. The monoisotopic (exact) mass is 199 g/mol. The highest BCUT2D eigenvalue weighted by atomic mass is 19.3. The van der Waals surface area contributed by atoms with Gasteiger partial charge in [-0.2, -0.15) is 0 Å². The van der Waals surface area contributed by atoms with Crippen LogP contribution in [0.1, 0.15) is 12.8 Å². The average Bonchev–Trinajstić information content (AvgIpc) is 2.04. The fraction of sp³-hybridized carbons (Fsp3) is 1.00. The Bertz CT molecular complexity index is 143. The van der Waals surface area contributed by atoms with Gasteiger partial charge in [0.1, 0.15) is 0 Å². The first kappa shape index (κ1) is 10.8. The molecule has 1 aliphatic heterocycles. The van der Waals surface area contributed by atoms with Gasteiger partial charge in [0.25, 0.3) is 6.43 Å². The lowest BCUT2D eigenvalue weighted by atomic mass is 9.97. The minimum absolute atomic E-state index is 0.282. The van der Waals surface area contributed by atoms with Gasteiger partial charge in [-0.3, -0.25) is 4.90 Å². The van der Waals surface area contributed by atoms with Crippen molar-refractivity contribution >= 4 is 0 Å². The fourth-order valence-corrected chi connectivity index (χ4v) is 1.58. The topological polar surface area (TPSA) is 3.24 Å². The van der Waals surface area contributed by atoms with E-state index >= 15 is 0 Å². The van der Waals surface area contributed by atoms with Crippen molar-refractivity contribution in [3.63, 3.8) is 0 Å². The Balaban J connectivity index is 2.22. The molecule has 0 N–H and O–H groups in total. The molecule has 0 bridgehead atoms. The maximum Gasteiger partial charge on any atom is 0.251 e. The molecule has 0 atom stereocenters. The molecule has 5 heteroatoms. The van der Waals surface area contributed by atoms with E-state index in [2.05, 4.69) is 0 Å². The molecule has 0 amide bonds. The number of nitrogens with zero attached hydrogens (tertiary/aromatic N) is 1. The van der Waals surface area contributed by atoms with Crippen molar-refractivity contribution < 1.29 is 17.6 Å². The van der Waals surface area contributed by atoms with Gasteiger partial charge in [-0.15, -0.1) is 0 Å². The first-order chi connectivity index (χ1) is 6.09. The summed E-state index contributed by atoms with van der Waals surface area (Å²) in [6, 6.07) is 0. The summed E-state index contributed by atoms with van der Waals surface area (Å²) in [5, 5.41) is 0. The van der Waals surface area contributed by atoms with Crippen molar-refractivity contribution in [1.82, 2.24) is 4.90 Å². The van der Waals surface area contributed by atoms with Gasteiger partial charge in [0, 0.05) is 5.92 Å². The predicted molar refractivity (Wildman–Crippen MR) is 41.2 cm³/mol. The Hall–Kier alpha value is -0.320. The van der Waals surface area contributed by atoms with Gasteiger partial charge in [0.15, 0.2) is 0 Å². The van der Waals surface area contributed by atoms with Gasteiger partial charge >= 0.3 is 0 Å². The zero-order valence-corrected chi connectivity index (χ0v) is 7.23. The van der Waals surface area contributed by atoms with Gasteiger partial charge in [-0.1, -0.05) is 0 Å². The minimum atomic E-state index is -2.36. The molecule has 0 aliphatic carbocycles. The SMILES string of the molecule is FC(F)CN1CCC(C(F)F)CC1. The van der Waals surface area contributed by atoms with Crippen LogP contribution >= 0.6 is 0 Å². The van der Waals surface area contributed by atoms with Crippen LogP contribution in [0.25, 0.3) is 0 Å². The van der Waals surface area contributed by atoms with Crippen LogP contribution in [0.15, 0.2) is 0 Å². The first-order valence-electron chi connectivity index (χ1n) is 4.38. The molecule has 0 spiro atoms. The smallest absolute Gasteiger partial charge is 0.251 e. The van der Waals surface area contributed by atoms with Crippen LogP contribution in [-0.4, -0.2) is 37.4 Å². The number of halogens is 4. The third-order valence-corrected chi connectivity index (χ3v) is 2.38. The van der Waals surface area contributed by atoms with Gasteiger partial charge in [-0.05, 0) is 25.9 Å². The Morgan fingerprint density at radius 1 is 1.08 bits per heavy atom. The van der Waals surface area contributed by atoms with Crippen LogP contribution in [0.4, 0.5) is 17.6 Å². The normalized spacial score (nSPS) is 21.7. The third-order valence-electron chi connectivity index (χ3n) is 2.38. The zero-order valence-electron chi connectivity index (χ0n) is 7.23. The van der Waals surface area contributed by atoms with Gasteiger partial charge in [0.2, 0.25) is 6.43 Å². The molecule has 78 valence electrons. The van der Waals surface area contributed by atoms with Crippen molar-refractivity contribution in [3.8, 4) is 0 Å².